The van der Waals surface area contributed by atoms with Crippen molar-refractivity contribution in [3.8, 4) is 0 Å². The highest BCUT2D eigenvalue weighted by Crippen LogP contribution is 2.29. The molecule has 0 aliphatic heterocycles. The predicted octanol–water partition coefficient (Wildman–Crippen LogP) is 4.62. The summed E-state index contributed by atoms with van der Waals surface area (Å²) in [6.07, 6.45) is 1.15. The van der Waals surface area contributed by atoms with Gasteiger partial charge in [-0.05, 0) is 29.3 Å². The molecule has 0 bridgehead atoms. The third kappa shape index (κ3) is 3.89. The quantitative estimate of drug-likeness (QED) is 0.524. The van der Waals surface area contributed by atoms with Crippen molar-refractivity contribution < 1.29 is 17.6 Å². The minimum atomic E-state index is -3.34. The molecule has 1 atom stereocenters. The van der Waals surface area contributed by atoms with Gasteiger partial charge < -0.3 is 9.73 Å². The van der Waals surface area contributed by atoms with Gasteiger partial charge in [0.1, 0.15) is 5.58 Å². The van der Waals surface area contributed by atoms with Crippen molar-refractivity contribution in [2.24, 2.45) is 0 Å². The van der Waals surface area contributed by atoms with E-state index in [-0.39, 0.29) is 17.6 Å². The van der Waals surface area contributed by atoms with Crippen molar-refractivity contribution in [1.29, 1.82) is 0 Å². The van der Waals surface area contributed by atoms with E-state index in [1.54, 1.807) is 24.3 Å². The molecule has 0 aliphatic carbocycles. The molecule has 5 nitrogen and oxygen atoms in total. The molecular formula is C23H21NO4S. The summed E-state index contributed by atoms with van der Waals surface area (Å²) in [5.41, 5.74) is 1.87. The number of para-hydroxylation sites is 1. The fourth-order valence-corrected chi connectivity index (χ4v) is 4.47. The molecule has 148 valence electrons. The van der Waals surface area contributed by atoms with Crippen molar-refractivity contribution >= 4 is 37.5 Å². The Labute approximate surface area is 169 Å². The number of amides is 1. The van der Waals surface area contributed by atoms with Crippen molar-refractivity contribution in [1.82, 2.24) is 5.32 Å². The molecule has 29 heavy (non-hydrogen) atoms. The minimum Gasteiger partial charge on any atom is -0.451 e. The summed E-state index contributed by atoms with van der Waals surface area (Å²) < 4.78 is 29.6. The molecule has 1 heterocycles. The third-order valence-corrected chi connectivity index (χ3v) is 5.76. The van der Waals surface area contributed by atoms with Crippen molar-refractivity contribution in [2.45, 2.75) is 18.7 Å². The molecule has 1 aromatic heterocycles. The van der Waals surface area contributed by atoms with Gasteiger partial charge in [0.25, 0.3) is 5.91 Å². The predicted molar refractivity (Wildman–Crippen MR) is 115 cm³/mol. The van der Waals surface area contributed by atoms with E-state index in [0.29, 0.717) is 16.5 Å². The molecule has 4 aromatic rings. The molecule has 0 aliphatic rings. The molecule has 0 spiro atoms. The SMILES string of the molecule is CC(NC(=O)c1oc2ccccc2c1CS(C)(=O)=O)c1cccc2ccccc12. The summed E-state index contributed by atoms with van der Waals surface area (Å²) in [5, 5.41) is 5.75. The first kappa shape index (κ1) is 19.2. The van der Waals surface area contributed by atoms with Crippen LogP contribution < -0.4 is 5.32 Å². The zero-order chi connectivity index (χ0) is 20.6. The molecule has 0 fully saturated rings. The van der Waals surface area contributed by atoms with Crippen LogP contribution in [0.4, 0.5) is 0 Å². The first-order valence-electron chi connectivity index (χ1n) is 9.30. The van der Waals surface area contributed by atoms with Gasteiger partial charge in [0, 0.05) is 17.2 Å². The minimum absolute atomic E-state index is 0.0451. The zero-order valence-electron chi connectivity index (χ0n) is 16.2. The lowest BCUT2D eigenvalue weighted by molar-refractivity contribution is 0.0913. The molecule has 1 unspecified atom stereocenters. The summed E-state index contributed by atoms with van der Waals surface area (Å²) in [4.78, 5) is 13.0. The van der Waals surface area contributed by atoms with Crippen LogP contribution in [0.5, 0.6) is 0 Å². The molecule has 3 aromatic carbocycles. The number of rotatable bonds is 5. The van der Waals surface area contributed by atoms with Crippen LogP contribution in [0.25, 0.3) is 21.7 Å². The van der Waals surface area contributed by atoms with Gasteiger partial charge in [-0.15, -0.1) is 0 Å². The van der Waals surface area contributed by atoms with Crippen LogP contribution in [-0.2, 0) is 15.6 Å². The van der Waals surface area contributed by atoms with E-state index in [2.05, 4.69) is 5.32 Å². The topological polar surface area (TPSA) is 76.4 Å². The number of furan rings is 1. The number of sulfone groups is 1. The van der Waals surface area contributed by atoms with Gasteiger partial charge in [0.05, 0.1) is 11.8 Å². The van der Waals surface area contributed by atoms with Crippen LogP contribution in [0, 0.1) is 0 Å². The zero-order valence-corrected chi connectivity index (χ0v) is 17.0. The maximum Gasteiger partial charge on any atom is 0.287 e. The Hall–Kier alpha value is -3.12. The van der Waals surface area contributed by atoms with Gasteiger partial charge in [-0.3, -0.25) is 4.79 Å². The van der Waals surface area contributed by atoms with Crippen LogP contribution in [0.3, 0.4) is 0 Å². The number of benzene rings is 3. The lowest BCUT2D eigenvalue weighted by Gasteiger charge is -2.16. The van der Waals surface area contributed by atoms with Crippen molar-refractivity contribution in [3.63, 3.8) is 0 Å². The smallest absolute Gasteiger partial charge is 0.287 e. The Morgan fingerprint density at radius 1 is 0.966 bits per heavy atom. The average Bonchev–Trinajstić information content (AvgIpc) is 3.04. The maximum absolute atomic E-state index is 13.0. The molecule has 4 rings (SSSR count). The second-order valence-corrected chi connectivity index (χ2v) is 9.38. The molecule has 6 heteroatoms. The summed E-state index contributed by atoms with van der Waals surface area (Å²) in [6, 6.07) is 20.7. The fourth-order valence-electron chi connectivity index (χ4n) is 3.66. The van der Waals surface area contributed by atoms with Gasteiger partial charge in [0.2, 0.25) is 0 Å². The van der Waals surface area contributed by atoms with E-state index in [1.807, 2.05) is 49.4 Å². The normalized spacial score (nSPS) is 12.9. The lowest BCUT2D eigenvalue weighted by atomic mass is 9.99. The summed E-state index contributed by atoms with van der Waals surface area (Å²) >= 11 is 0. The molecule has 0 radical (unpaired) electrons. The van der Waals surface area contributed by atoms with E-state index < -0.39 is 15.7 Å². The number of hydrogen-bond acceptors (Lipinski definition) is 4. The number of nitrogens with one attached hydrogen (secondary N) is 1. The second kappa shape index (κ2) is 7.37. The number of fused-ring (bicyclic) bond motifs is 2. The van der Waals surface area contributed by atoms with Crippen LogP contribution in [-0.4, -0.2) is 20.6 Å². The number of carbonyl (C=O) groups excluding carboxylic acids is 1. The highest BCUT2D eigenvalue weighted by atomic mass is 32.2. The van der Waals surface area contributed by atoms with Crippen LogP contribution in [0.15, 0.2) is 71.1 Å². The Morgan fingerprint density at radius 2 is 1.62 bits per heavy atom. The Morgan fingerprint density at radius 3 is 2.38 bits per heavy atom. The molecule has 0 saturated heterocycles. The van der Waals surface area contributed by atoms with E-state index in [0.717, 1.165) is 22.6 Å². The lowest BCUT2D eigenvalue weighted by Crippen LogP contribution is -2.27. The van der Waals surface area contributed by atoms with Gasteiger partial charge in [-0.25, -0.2) is 8.42 Å². The fraction of sp³-hybridized carbons (Fsp3) is 0.174. The maximum atomic E-state index is 13.0. The van der Waals surface area contributed by atoms with Crippen molar-refractivity contribution in [3.05, 3.63) is 83.6 Å². The average molecular weight is 407 g/mol. The van der Waals surface area contributed by atoms with Crippen molar-refractivity contribution in [2.75, 3.05) is 6.26 Å². The standard InChI is InChI=1S/C23H21NO4S/c1-15(17-12-7-9-16-8-3-4-10-18(16)17)24-23(25)22-20(14-29(2,26)27)19-11-5-6-13-21(19)28-22/h3-13,15H,14H2,1-2H3,(H,24,25). The highest BCUT2D eigenvalue weighted by Gasteiger charge is 2.24. The van der Waals surface area contributed by atoms with Gasteiger partial charge in [-0.2, -0.15) is 0 Å². The Kier molecular flexibility index (Phi) is 4.88. The molecule has 1 amide bonds. The third-order valence-electron chi connectivity index (χ3n) is 4.95. The Bertz CT molecular complexity index is 1320. The number of carbonyl (C=O) groups is 1. The van der Waals surface area contributed by atoms with E-state index in [1.165, 1.54) is 0 Å². The van der Waals surface area contributed by atoms with Crippen LogP contribution >= 0.6 is 0 Å². The van der Waals surface area contributed by atoms with Gasteiger partial charge in [-0.1, -0.05) is 60.7 Å². The van der Waals surface area contributed by atoms with E-state index in [4.69, 9.17) is 4.42 Å². The van der Waals surface area contributed by atoms with E-state index >= 15 is 0 Å². The van der Waals surface area contributed by atoms with Crippen LogP contribution in [0.2, 0.25) is 0 Å². The highest BCUT2D eigenvalue weighted by molar-refractivity contribution is 7.89. The second-order valence-electron chi connectivity index (χ2n) is 7.24. The first-order chi connectivity index (χ1) is 13.8. The summed E-state index contributed by atoms with van der Waals surface area (Å²) in [5.74, 6) is -0.640. The molecular weight excluding hydrogens is 386 g/mol. The Balaban J connectivity index is 1.71. The molecule has 1 N–H and O–H groups in total. The summed E-state index contributed by atoms with van der Waals surface area (Å²) in [6.45, 7) is 1.90. The molecule has 0 saturated carbocycles. The van der Waals surface area contributed by atoms with Gasteiger partial charge >= 0.3 is 0 Å². The van der Waals surface area contributed by atoms with E-state index in [9.17, 15) is 13.2 Å². The summed E-state index contributed by atoms with van der Waals surface area (Å²) in [7, 11) is -3.34. The van der Waals surface area contributed by atoms with Gasteiger partial charge in [0.15, 0.2) is 15.6 Å². The monoisotopic (exact) mass is 407 g/mol. The largest absolute Gasteiger partial charge is 0.451 e. The van der Waals surface area contributed by atoms with Crippen LogP contribution in [0.1, 0.15) is 34.6 Å². The first-order valence-corrected chi connectivity index (χ1v) is 11.4. The number of hydrogen-bond donors (Lipinski definition) is 1.